The van der Waals surface area contributed by atoms with E-state index in [0.29, 0.717) is 59.0 Å². The van der Waals surface area contributed by atoms with Gasteiger partial charge in [0.05, 0.1) is 41.8 Å². The smallest absolute Gasteiger partial charge is 0.228 e. The van der Waals surface area contributed by atoms with Crippen LogP contribution in [0.4, 0.5) is 14.7 Å². The van der Waals surface area contributed by atoms with Gasteiger partial charge in [0.25, 0.3) is 0 Å². The highest BCUT2D eigenvalue weighted by Gasteiger charge is 2.31. The van der Waals surface area contributed by atoms with Gasteiger partial charge in [-0.1, -0.05) is 0 Å². The summed E-state index contributed by atoms with van der Waals surface area (Å²) in [6.45, 7) is 6.50. The maximum atomic E-state index is 15.2. The fourth-order valence-electron chi connectivity index (χ4n) is 4.80. The van der Waals surface area contributed by atoms with E-state index in [9.17, 15) is 4.39 Å². The lowest BCUT2D eigenvalue weighted by Crippen LogP contribution is -2.48. The summed E-state index contributed by atoms with van der Waals surface area (Å²) in [7, 11) is 0. The maximum Gasteiger partial charge on any atom is 0.228 e. The molecule has 206 valence electrons. The van der Waals surface area contributed by atoms with E-state index in [1.54, 1.807) is 25.4 Å². The van der Waals surface area contributed by atoms with Crippen molar-refractivity contribution in [1.29, 1.82) is 0 Å². The van der Waals surface area contributed by atoms with Gasteiger partial charge < -0.3 is 19.8 Å². The lowest BCUT2D eigenvalue weighted by Gasteiger charge is -2.37. The largest absolute Gasteiger partial charge is 0.441 e. The predicted molar refractivity (Wildman–Crippen MR) is 148 cm³/mol. The molecule has 0 spiro atoms. The average Bonchev–Trinajstić information content (AvgIpc) is 3.65. The number of hydrogen-bond acceptors (Lipinski definition) is 9. The van der Waals surface area contributed by atoms with Crippen LogP contribution in [0.2, 0.25) is 0 Å². The molecule has 0 amide bonds. The van der Waals surface area contributed by atoms with E-state index in [0.717, 1.165) is 24.5 Å². The first-order chi connectivity index (χ1) is 19.3. The first-order valence-corrected chi connectivity index (χ1v) is 13.2. The van der Waals surface area contributed by atoms with Crippen LogP contribution in [0.3, 0.4) is 0 Å². The summed E-state index contributed by atoms with van der Waals surface area (Å²) in [6.07, 6.45) is 6.57. The van der Waals surface area contributed by atoms with Crippen molar-refractivity contribution in [3.8, 4) is 22.7 Å². The molecule has 1 saturated heterocycles. The molecule has 4 aromatic rings. The summed E-state index contributed by atoms with van der Waals surface area (Å²) >= 11 is 0. The van der Waals surface area contributed by atoms with Gasteiger partial charge in [0, 0.05) is 41.5 Å². The molecule has 4 heterocycles. The van der Waals surface area contributed by atoms with Crippen LogP contribution >= 0.6 is 0 Å². The topological polar surface area (TPSA) is 116 Å². The van der Waals surface area contributed by atoms with Gasteiger partial charge in [-0.05, 0) is 51.8 Å². The number of ether oxygens (including phenoxy) is 1. The first-order valence-electron chi connectivity index (χ1n) is 13.2. The minimum atomic E-state index is -0.738. The normalized spacial score (nSPS) is 20.1. The number of fused-ring (bicyclic) bond motifs is 1. The Balaban J connectivity index is 1.46. The van der Waals surface area contributed by atoms with Crippen LogP contribution in [0.1, 0.15) is 31.2 Å². The van der Waals surface area contributed by atoms with E-state index in [4.69, 9.17) is 29.8 Å². The Kier molecular flexibility index (Phi) is 6.75. The number of aryl methyl sites for hydroxylation is 2. The van der Waals surface area contributed by atoms with Gasteiger partial charge in [0.15, 0.2) is 5.65 Å². The van der Waals surface area contributed by atoms with Crippen LogP contribution in [0.25, 0.3) is 33.7 Å². The molecule has 2 N–H and O–H groups in total. The molecule has 2 fully saturated rings. The second-order valence-electron chi connectivity index (χ2n) is 10.3. The van der Waals surface area contributed by atoms with E-state index in [-0.39, 0.29) is 23.5 Å². The quantitative estimate of drug-likeness (QED) is 0.340. The van der Waals surface area contributed by atoms with Crippen molar-refractivity contribution < 1.29 is 17.9 Å². The molecule has 2 atom stereocenters. The van der Waals surface area contributed by atoms with Gasteiger partial charge in [0.1, 0.15) is 23.5 Å². The third-order valence-corrected chi connectivity index (χ3v) is 6.99. The summed E-state index contributed by atoms with van der Waals surface area (Å²) in [5.74, 6) is -0.0252. The highest BCUT2D eigenvalue weighted by Crippen LogP contribution is 2.34. The van der Waals surface area contributed by atoms with Crippen LogP contribution < -0.4 is 10.6 Å². The molecule has 9 nitrogen and oxygen atoms in total. The van der Waals surface area contributed by atoms with Gasteiger partial charge in [-0.3, -0.25) is 4.99 Å². The highest BCUT2D eigenvalue weighted by atomic mass is 19.1. The Labute approximate surface area is 229 Å². The lowest BCUT2D eigenvalue weighted by atomic mass is 10.0. The van der Waals surface area contributed by atoms with Crippen molar-refractivity contribution in [2.24, 2.45) is 10.7 Å². The average molecular weight is 546 g/mol. The monoisotopic (exact) mass is 545 g/mol. The zero-order valence-corrected chi connectivity index (χ0v) is 22.4. The molecule has 1 aliphatic heterocycles. The Morgan fingerprint density at radius 1 is 1.10 bits per heavy atom. The Morgan fingerprint density at radius 3 is 2.62 bits per heavy atom. The molecule has 1 aliphatic carbocycles. The van der Waals surface area contributed by atoms with Crippen LogP contribution in [0, 0.1) is 25.5 Å². The zero-order valence-electron chi connectivity index (χ0n) is 22.4. The number of morpholine rings is 1. The van der Waals surface area contributed by atoms with Crippen molar-refractivity contribution >= 4 is 23.2 Å². The van der Waals surface area contributed by atoms with E-state index in [1.807, 2.05) is 18.7 Å². The molecule has 1 aromatic carbocycles. The van der Waals surface area contributed by atoms with E-state index < -0.39 is 11.6 Å². The number of benzene rings is 1. The van der Waals surface area contributed by atoms with Gasteiger partial charge in [-0.15, -0.1) is 0 Å². The Morgan fingerprint density at radius 2 is 1.93 bits per heavy atom. The Bertz CT molecular complexity index is 1650. The number of pyridine rings is 1. The summed E-state index contributed by atoms with van der Waals surface area (Å²) in [6, 6.07) is 5.56. The van der Waals surface area contributed by atoms with Gasteiger partial charge in [0.2, 0.25) is 11.8 Å². The molecule has 2 aliphatic rings. The second-order valence-corrected chi connectivity index (χ2v) is 10.3. The highest BCUT2D eigenvalue weighted by molar-refractivity contribution is 5.94. The van der Waals surface area contributed by atoms with Crippen molar-refractivity contribution in [3.05, 3.63) is 65.3 Å². The fraction of sp³-hybridized carbons (Fsp3) is 0.345. The van der Waals surface area contributed by atoms with Crippen molar-refractivity contribution in [3.63, 3.8) is 0 Å². The van der Waals surface area contributed by atoms with Gasteiger partial charge in [-0.25, -0.2) is 23.7 Å². The number of halogens is 2. The van der Waals surface area contributed by atoms with Gasteiger partial charge >= 0.3 is 0 Å². The van der Waals surface area contributed by atoms with Crippen molar-refractivity contribution in [2.45, 2.75) is 51.9 Å². The molecule has 0 bridgehead atoms. The molecule has 1 saturated carbocycles. The van der Waals surface area contributed by atoms with Crippen LogP contribution in [-0.2, 0) is 4.74 Å². The van der Waals surface area contributed by atoms with E-state index >= 15 is 4.39 Å². The molecular weight excluding hydrogens is 516 g/mol. The molecule has 3 aromatic heterocycles. The van der Waals surface area contributed by atoms with Gasteiger partial charge in [-0.2, -0.15) is 4.98 Å². The summed E-state index contributed by atoms with van der Waals surface area (Å²) < 4.78 is 40.9. The standard InChI is InChI=1S/C29H29F2N7O2/c1-15-11-34-28(40-15)22-9-23-26(21-7-4-19(30)8-24(21)31)36-29(37-27(23)35-17(22)3)38-13-16(2)39-25(14-38)18(10-32)12-33-20-5-6-20/h4,7-12,16,20,25H,5-6,13-14,32H2,1-3H3/b18-10+,33-12?. The number of nitrogens with zero attached hydrogens (tertiary/aromatic N) is 6. The van der Waals surface area contributed by atoms with E-state index in [1.165, 1.54) is 18.3 Å². The minimum absolute atomic E-state index is 0.132. The summed E-state index contributed by atoms with van der Waals surface area (Å²) in [5.41, 5.74) is 8.78. The number of oxazole rings is 1. The SMILES string of the molecule is Cc1cnc(-c2cc3c(-c4ccc(F)cc4F)nc(N4CC(C)OC(/C(C=NC5CC5)=C/N)C4)nc3nc2C)o1. The predicted octanol–water partition coefficient (Wildman–Crippen LogP) is 4.91. The van der Waals surface area contributed by atoms with Crippen molar-refractivity contribution in [2.75, 3.05) is 18.0 Å². The molecule has 11 heteroatoms. The number of hydrogen-bond donors (Lipinski definition) is 1. The van der Waals surface area contributed by atoms with Crippen LogP contribution in [-0.4, -0.2) is 57.5 Å². The summed E-state index contributed by atoms with van der Waals surface area (Å²) in [5, 5.41) is 0.489. The number of anilines is 1. The van der Waals surface area contributed by atoms with Crippen molar-refractivity contribution in [1.82, 2.24) is 19.9 Å². The minimum Gasteiger partial charge on any atom is -0.441 e. The van der Waals surface area contributed by atoms with E-state index in [2.05, 4.69) is 9.98 Å². The summed E-state index contributed by atoms with van der Waals surface area (Å²) in [4.78, 5) is 25.2. The number of aromatic nitrogens is 4. The molecular formula is C29H29F2N7O2. The lowest BCUT2D eigenvalue weighted by molar-refractivity contribution is 0.00666. The fourth-order valence-corrected chi connectivity index (χ4v) is 4.80. The molecule has 40 heavy (non-hydrogen) atoms. The number of aliphatic imine (C=N–C) groups is 1. The second kappa shape index (κ2) is 10.4. The Hall–Kier alpha value is -4.25. The zero-order chi connectivity index (χ0) is 28.0. The third-order valence-electron chi connectivity index (χ3n) is 6.99. The number of nitrogens with two attached hydrogens (primary N) is 1. The third kappa shape index (κ3) is 5.16. The molecule has 2 unspecified atom stereocenters. The van der Waals surface area contributed by atoms with Crippen LogP contribution in [0.15, 0.2) is 51.6 Å². The molecule has 0 radical (unpaired) electrons. The number of rotatable bonds is 6. The maximum absolute atomic E-state index is 15.2. The molecule has 6 rings (SSSR count). The first kappa shape index (κ1) is 26.0. The van der Waals surface area contributed by atoms with Crippen LogP contribution in [0.5, 0.6) is 0 Å².